The number of nitrogens with zero attached hydrogens (tertiary/aromatic N) is 5. The standard InChI is InChI=1S/C15H12N6O6/c22-15(13-4-5-14(27-13)21(25)26)16-7-11-9-19(18-17-11)8-10-2-1-3-12(6-10)20(23)24/h1-6,9H,7-8H2,(H,16,22). The molecule has 0 unspecified atom stereocenters. The Hall–Kier alpha value is -4.09. The van der Waals surface area contributed by atoms with E-state index < -0.39 is 21.6 Å². The van der Waals surface area contributed by atoms with E-state index in [2.05, 4.69) is 15.6 Å². The fourth-order valence-corrected chi connectivity index (χ4v) is 2.26. The molecule has 0 spiro atoms. The van der Waals surface area contributed by atoms with Crippen LogP contribution in [0.25, 0.3) is 0 Å². The van der Waals surface area contributed by atoms with Gasteiger partial charge in [-0.05, 0) is 11.6 Å². The fourth-order valence-electron chi connectivity index (χ4n) is 2.26. The summed E-state index contributed by atoms with van der Waals surface area (Å²) >= 11 is 0. The van der Waals surface area contributed by atoms with Crippen LogP contribution >= 0.6 is 0 Å². The van der Waals surface area contributed by atoms with Crippen LogP contribution in [-0.4, -0.2) is 30.7 Å². The number of hydrogen-bond donors (Lipinski definition) is 1. The van der Waals surface area contributed by atoms with Crippen molar-refractivity contribution in [3.05, 3.63) is 79.8 Å². The highest BCUT2D eigenvalue weighted by molar-refractivity contribution is 5.91. The van der Waals surface area contributed by atoms with Gasteiger partial charge in [-0.2, -0.15) is 0 Å². The number of benzene rings is 1. The molecule has 2 heterocycles. The molecule has 3 aromatic rings. The highest BCUT2D eigenvalue weighted by Gasteiger charge is 2.17. The molecule has 0 bridgehead atoms. The van der Waals surface area contributed by atoms with Gasteiger partial charge in [0.2, 0.25) is 0 Å². The molecule has 1 amide bonds. The minimum Gasteiger partial charge on any atom is -0.395 e. The van der Waals surface area contributed by atoms with Crippen LogP contribution in [0, 0.1) is 20.2 Å². The quantitative estimate of drug-likeness (QED) is 0.484. The Bertz CT molecular complexity index is 1010. The monoisotopic (exact) mass is 372 g/mol. The number of carbonyl (C=O) groups is 1. The number of furan rings is 1. The maximum absolute atomic E-state index is 11.9. The zero-order valence-electron chi connectivity index (χ0n) is 13.6. The molecular formula is C15H12N6O6. The topological polar surface area (TPSA) is 159 Å². The third-order valence-corrected chi connectivity index (χ3v) is 3.48. The van der Waals surface area contributed by atoms with Crippen molar-refractivity contribution >= 4 is 17.5 Å². The van der Waals surface area contributed by atoms with E-state index in [-0.39, 0.29) is 24.5 Å². The highest BCUT2D eigenvalue weighted by Crippen LogP contribution is 2.16. The van der Waals surface area contributed by atoms with Crippen molar-refractivity contribution in [3.63, 3.8) is 0 Å². The van der Waals surface area contributed by atoms with Crippen molar-refractivity contribution in [1.82, 2.24) is 20.3 Å². The van der Waals surface area contributed by atoms with Crippen molar-refractivity contribution < 1.29 is 19.1 Å². The number of nitro benzene ring substituents is 1. The van der Waals surface area contributed by atoms with E-state index in [4.69, 9.17) is 4.42 Å². The van der Waals surface area contributed by atoms with Crippen LogP contribution < -0.4 is 5.32 Å². The van der Waals surface area contributed by atoms with Gasteiger partial charge in [0.15, 0.2) is 5.76 Å². The predicted octanol–water partition coefficient (Wildman–Crippen LogP) is 1.67. The van der Waals surface area contributed by atoms with Gasteiger partial charge in [-0.3, -0.25) is 25.0 Å². The van der Waals surface area contributed by atoms with Crippen LogP contribution in [0.2, 0.25) is 0 Å². The van der Waals surface area contributed by atoms with Crippen LogP contribution in [-0.2, 0) is 13.1 Å². The number of nitrogens with one attached hydrogen (secondary N) is 1. The van der Waals surface area contributed by atoms with Gasteiger partial charge in [0, 0.05) is 12.1 Å². The summed E-state index contributed by atoms with van der Waals surface area (Å²) in [5.74, 6) is -1.34. The van der Waals surface area contributed by atoms with E-state index in [9.17, 15) is 25.0 Å². The molecule has 12 nitrogen and oxygen atoms in total. The lowest BCUT2D eigenvalue weighted by Crippen LogP contribution is -2.22. The summed E-state index contributed by atoms with van der Waals surface area (Å²) in [6.07, 6.45) is 1.57. The number of nitro groups is 2. The van der Waals surface area contributed by atoms with E-state index >= 15 is 0 Å². The van der Waals surface area contributed by atoms with Gasteiger partial charge in [-0.1, -0.05) is 17.3 Å². The molecule has 2 aromatic heterocycles. The van der Waals surface area contributed by atoms with Gasteiger partial charge in [0.25, 0.3) is 11.6 Å². The molecule has 0 saturated carbocycles. The Labute approximate surface area is 150 Å². The normalized spacial score (nSPS) is 10.5. The molecule has 0 radical (unpaired) electrons. The van der Waals surface area contributed by atoms with Crippen LogP contribution in [0.1, 0.15) is 21.8 Å². The van der Waals surface area contributed by atoms with E-state index in [0.717, 1.165) is 6.07 Å². The molecule has 0 saturated heterocycles. The average Bonchev–Trinajstić information content (AvgIpc) is 3.29. The van der Waals surface area contributed by atoms with Gasteiger partial charge < -0.3 is 9.73 Å². The van der Waals surface area contributed by atoms with Crippen molar-refractivity contribution in [2.24, 2.45) is 0 Å². The second kappa shape index (κ2) is 7.43. The van der Waals surface area contributed by atoms with Gasteiger partial charge in [-0.25, -0.2) is 4.68 Å². The second-order valence-electron chi connectivity index (χ2n) is 5.41. The van der Waals surface area contributed by atoms with Gasteiger partial charge in [-0.15, -0.1) is 5.10 Å². The van der Waals surface area contributed by atoms with Crippen LogP contribution in [0.3, 0.4) is 0 Å². The maximum Gasteiger partial charge on any atom is 0.433 e. The largest absolute Gasteiger partial charge is 0.433 e. The summed E-state index contributed by atoms with van der Waals surface area (Å²) in [6.45, 7) is 0.301. The first kappa shape index (κ1) is 17.7. The van der Waals surface area contributed by atoms with Crippen LogP contribution in [0.5, 0.6) is 0 Å². The summed E-state index contributed by atoms with van der Waals surface area (Å²) in [6, 6.07) is 8.42. The Kier molecular flexibility index (Phi) is 4.88. The van der Waals surface area contributed by atoms with E-state index in [1.54, 1.807) is 18.3 Å². The molecule has 0 aliphatic rings. The first-order valence-electron chi connectivity index (χ1n) is 7.57. The molecule has 1 aromatic carbocycles. The molecule has 3 rings (SSSR count). The fraction of sp³-hybridized carbons (Fsp3) is 0.133. The maximum atomic E-state index is 11.9. The number of rotatable bonds is 7. The summed E-state index contributed by atoms with van der Waals surface area (Å²) in [5.41, 5.74) is 1.09. The molecule has 1 N–H and O–H groups in total. The average molecular weight is 372 g/mol. The first-order chi connectivity index (χ1) is 12.9. The molecular weight excluding hydrogens is 360 g/mol. The second-order valence-corrected chi connectivity index (χ2v) is 5.41. The summed E-state index contributed by atoms with van der Waals surface area (Å²) < 4.78 is 6.27. The lowest BCUT2D eigenvalue weighted by molar-refractivity contribution is -0.402. The van der Waals surface area contributed by atoms with Crippen LogP contribution in [0.4, 0.5) is 11.6 Å². The molecule has 0 fully saturated rings. The van der Waals surface area contributed by atoms with Gasteiger partial charge in [0.1, 0.15) is 10.6 Å². The third kappa shape index (κ3) is 4.31. The number of hydrogen-bond acceptors (Lipinski definition) is 8. The number of amides is 1. The zero-order chi connectivity index (χ0) is 19.4. The minimum absolute atomic E-state index is 0.0207. The van der Waals surface area contributed by atoms with Crippen molar-refractivity contribution in [2.75, 3.05) is 0 Å². The molecule has 138 valence electrons. The smallest absolute Gasteiger partial charge is 0.395 e. The molecule has 0 aliphatic carbocycles. The van der Waals surface area contributed by atoms with Gasteiger partial charge >= 0.3 is 5.88 Å². The summed E-state index contributed by atoms with van der Waals surface area (Å²) in [5, 5.41) is 31.6. The Balaban J connectivity index is 1.59. The van der Waals surface area contributed by atoms with E-state index in [0.29, 0.717) is 11.3 Å². The number of non-ortho nitro benzene ring substituents is 1. The summed E-state index contributed by atoms with van der Waals surface area (Å²) in [4.78, 5) is 32.0. The van der Waals surface area contributed by atoms with E-state index in [1.165, 1.54) is 22.9 Å². The Morgan fingerprint density at radius 1 is 1.19 bits per heavy atom. The van der Waals surface area contributed by atoms with E-state index in [1.807, 2.05) is 0 Å². The lowest BCUT2D eigenvalue weighted by Gasteiger charge is -2.01. The minimum atomic E-state index is -0.740. The Morgan fingerprint density at radius 2 is 2.00 bits per heavy atom. The van der Waals surface area contributed by atoms with Crippen molar-refractivity contribution in [2.45, 2.75) is 13.1 Å². The number of aromatic nitrogens is 3. The van der Waals surface area contributed by atoms with Crippen LogP contribution in [0.15, 0.2) is 47.0 Å². The molecule has 0 aliphatic heterocycles. The Morgan fingerprint density at radius 3 is 2.70 bits per heavy atom. The molecule has 12 heteroatoms. The first-order valence-corrected chi connectivity index (χ1v) is 7.57. The van der Waals surface area contributed by atoms with Crippen molar-refractivity contribution in [1.29, 1.82) is 0 Å². The lowest BCUT2D eigenvalue weighted by atomic mass is 10.2. The van der Waals surface area contributed by atoms with Gasteiger partial charge in [0.05, 0.1) is 30.3 Å². The molecule has 0 atom stereocenters. The summed E-state index contributed by atoms with van der Waals surface area (Å²) in [7, 11) is 0. The third-order valence-electron chi connectivity index (χ3n) is 3.48. The zero-order valence-corrected chi connectivity index (χ0v) is 13.6. The van der Waals surface area contributed by atoms with Crippen molar-refractivity contribution in [3.8, 4) is 0 Å². The highest BCUT2D eigenvalue weighted by atomic mass is 16.6. The SMILES string of the molecule is O=C(NCc1cn(Cc2cccc([N+](=O)[O-])c2)nn1)c1ccc([N+](=O)[O-])o1. The predicted molar refractivity (Wildman–Crippen MR) is 88.8 cm³/mol. The number of carbonyl (C=O) groups excluding carboxylic acids is 1. The molecule has 27 heavy (non-hydrogen) atoms.